The van der Waals surface area contributed by atoms with Gasteiger partial charge in [0, 0.05) is 51.2 Å². The summed E-state index contributed by atoms with van der Waals surface area (Å²) in [4.78, 5) is 21.7. The van der Waals surface area contributed by atoms with Gasteiger partial charge in [0.1, 0.15) is 0 Å². The van der Waals surface area contributed by atoms with Crippen molar-refractivity contribution in [2.45, 2.75) is 70.9 Å². The summed E-state index contributed by atoms with van der Waals surface area (Å²) in [6, 6.07) is 0.923. The summed E-state index contributed by atoms with van der Waals surface area (Å²) in [5.74, 6) is 2.27. The maximum Gasteiger partial charge on any atom is 0.225 e. The van der Waals surface area contributed by atoms with Gasteiger partial charge in [-0.15, -0.1) is 0 Å². The molecule has 2 aliphatic heterocycles. The fourth-order valence-corrected chi connectivity index (χ4v) is 4.95. The van der Waals surface area contributed by atoms with E-state index < -0.39 is 0 Å². The van der Waals surface area contributed by atoms with Crippen molar-refractivity contribution in [3.63, 3.8) is 0 Å². The maximum atomic E-state index is 12.6. The average molecular weight is 378 g/mol. The Morgan fingerprint density at radius 3 is 2.59 bits per heavy atom. The van der Waals surface area contributed by atoms with E-state index in [0.29, 0.717) is 23.9 Å². The Kier molecular flexibility index (Phi) is 7.39. The fraction of sp³-hybridized carbons (Fsp3) is 0.905. The lowest BCUT2D eigenvalue weighted by molar-refractivity contribution is -0.134. The van der Waals surface area contributed by atoms with Crippen molar-refractivity contribution in [2.24, 2.45) is 16.8 Å². The number of carbonyl (C=O) groups is 1. The van der Waals surface area contributed by atoms with Gasteiger partial charge in [-0.3, -0.25) is 14.7 Å². The molecule has 0 aromatic rings. The van der Waals surface area contributed by atoms with E-state index in [1.165, 1.54) is 38.8 Å². The van der Waals surface area contributed by atoms with Gasteiger partial charge in [-0.05, 0) is 44.6 Å². The van der Waals surface area contributed by atoms with E-state index in [-0.39, 0.29) is 5.92 Å². The Morgan fingerprint density at radius 1 is 1.11 bits per heavy atom. The minimum absolute atomic E-state index is 0.287. The molecule has 3 aliphatic rings. The summed E-state index contributed by atoms with van der Waals surface area (Å²) in [5.41, 5.74) is 0. The van der Waals surface area contributed by atoms with Crippen molar-refractivity contribution in [3.8, 4) is 0 Å². The van der Waals surface area contributed by atoms with Crippen LogP contribution in [0.15, 0.2) is 4.99 Å². The Labute approximate surface area is 165 Å². The lowest BCUT2D eigenvalue weighted by Gasteiger charge is -2.27. The molecule has 6 heteroatoms. The van der Waals surface area contributed by atoms with Crippen molar-refractivity contribution in [2.75, 3.05) is 39.8 Å². The molecular weight excluding hydrogens is 338 g/mol. The number of amides is 1. The fourth-order valence-electron chi connectivity index (χ4n) is 4.95. The normalized spacial score (nSPS) is 27.7. The summed E-state index contributed by atoms with van der Waals surface area (Å²) >= 11 is 0. The SMILES string of the molecule is CN=C(NC[C@H]1CCCN1CC(C)C)NC1CCN(C(=O)C2CCCC2)C1. The average Bonchev–Trinajstić information content (AvgIpc) is 3.39. The molecule has 1 unspecified atom stereocenters. The quantitative estimate of drug-likeness (QED) is 0.549. The van der Waals surface area contributed by atoms with Crippen LogP contribution in [0.25, 0.3) is 0 Å². The van der Waals surface area contributed by atoms with Crippen molar-refractivity contribution in [1.82, 2.24) is 20.4 Å². The molecule has 154 valence electrons. The van der Waals surface area contributed by atoms with Gasteiger partial charge in [0.25, 0.3) is 0 Å². The predicted molar refractivity (Wildman–Crippen MR) is 111 cm³/mol. The predicted octanol–water partition coefficient (Wildman–Crippen LogP) is 2.06. The minimum Gasteiger partial charge on any atom is -0.355 e. The number of aliphatic imine (C=N–C) groups is 1. The van der Waals surface area contributed by atoms with Gasteiger partial charge in [0.15, 0.2) is 5.96 Å². The van der Waals surface area contributed by atoms with Gasteiger partial charge in [-0.1, -0.05) is 26.7 Å². The number of rotatable bonds is 6. The molecule has 0 bridgehead atoms. The first-order valence-corrected chi connectivity index (χ1v) is 11.1. The highest BCUT2D eigenvalue weighted by atomic mass is 16.2. The van der Waals surface area contributed by atoms with Crippen LogP contribution in [0.4, 0.5) is 0 Å². The lowest BCUT2D eigenvalue weighted by Crippen LogP contribution is -2.49. The van der Waals surface area contributed by atoms with Gasteiger partial charge < -0.3 is 15.5 Å². The van der Waals surface area contributed by atoms with Crippen molar-refractivity contribution in [1.29, 1.82) is 0 Å². The van der Waals surface area contributed by atoms with E-state index in [1.807, 2.05) is 7.05 Å². The molecule has 1 aliphatic carbocycles. The molecule has 3 rings (SSSR count). The van der Waals surface area contributed by atoms with Gasteiger partial charge >= 0.3 is 0 Å². The molecule has 2 heterocycles. The molecule has 27 heavy (non-hydrogen) atoms. The van der Waals surface area contributed by atoms with Crippen LogP contribution in [0, 0.1) is 11.8 Å². The van der Waals surface area contributed by atoms with E-state index >= 15 is 0 Å². The Bertz CT molecular complexity index is 515. The first-order chi connectivity index (χ1) is 13.1. The first kappa shape index (κ1) is 20.4. The number of nitrogens with one attached hydrogen (secondary N) is 2. The van der Waals surface area contributed by atoms with Crippen LogP contribution >= 0.6 is 0 Å². The van der Waals surface area contributed by atoms with E-state index in [1.54, 1.807) is 0 Å². The second-order valence-corrected chi connectivity index (χ2v) is 9.03. The molecule has 2 atom stereocenters. The largest absolute Gasteiger partial charge is 0.355 e. The highest BCUT2D eigenvalue weighted by molar-refractivity contribution is 5.81. The number of carbonyl (C=O) groups excluding carboxylic acids is 1. The van der Waals surface area contributed by atoms with E-state index in [0.717, 1.165) is 44.9 Å². The van der Waals surface area contributed by atoms with Crippen LogP contribution in [0.5, 0.6) is 0 Å². The second kappa shape index (κ2) is 9.76. The molecule has 2 N–H and O–H groups in total. The zero-order valence-corrected chi connectivity index (χ0v) is 17.5. The van der Waals surface area contributed by atoms with Crippen LogP contribution in [0.2, 0.25) is 0 Å². The molecule has 0 spiro atoms. The topological polar surface area (TPSA) is 60.0 Å². The monoisotopic (exact) mass is 377 g/mol. The Balaban J connectivity index is 1.42. The number of hydrogen-bond donors (Lipinski definition) is 2. The van der Waals surface area contributed by atoms with Gasteiger partial charge in [-0.2, -0.15) is 0 Å². The van der Waals surface area contributed by atoms with E-state index in [2.05, 4.69) is 39.3 Å². The van der Waals surface area contributed by atoms with Gasteiger partial charge in [-0.25, -0.2) is 0 Å². The maximum absolute atomic E-state index is 12.6. The summed E-state index contributed by atoms with van der Waals surface area (Å²) in [6.07, 6.45) is 8.20. The third-order valence-corrected chi connectivity index (χ3v) is 6.37. The third kappa shape index (κ3) is 5.59. The standard InChI is InChI=1S/C21H39N5O/c1-16(2)14-25-11-6-9-19(25)13-23-21(22-3)24-18-10-12-26(15-18)20(27)17-7-4-5-8-17/h16-19H,4-15H2,1-3H3,(H2,22,23,24)/t18?,19-/m1/s1. The number of guanidine groups is 1. The van der Waals surface area contributed by atoms with Crippen LogP contribution in [0.1, 0.15) is 58.8 Å². The molecule has 0 aromatic carbocycles. The zero-order valence-electron chi connectivity index (χ0n) is 17.5. The highest BCUT2D eigenvalue weighted by Crippen LogP contribution is 2.27. The molecule has 0 aromatic heterocycles. The minimum atomic E-state index is 0.287. The molecule has 1 saturated carbocycles. The van der Waals surface area contributed by atoms with Crippen LogP contribution in [0.3, 0.4) is 0 Å². The Hall–Kier alpha value is -1.30. The smallest absolute Gasteiger partial charge is 0.225 e. The zero-order chi connectivity index (χ0) is 19.2. The summed E-state index contributed by atoms with van der Waals surface area (Å²) in [7, 11) is 1.84. The van der Waals surface area contributed by atoms with Crippen molar-refractivity contribution >= 4 is 11.9 Å². The van der Waals surface area contributed by atoms with Gasteiger partial charge in [0.2, 0.25) is 5.91 Å². The molecule has 6 nitrogen and oxygen atoms in total. The highest BCUT2D eigenvalue weighted by Gasteiger charge is 2.32. The summed E-state index contributed by atoms with van der Waals surface area (Å²) < 4.78 is 0. The molecule has 2 saturated heterocycles. The molecule has 1 amide bonds. The number of hydrogen-bond acceptors (Lipinski definition) is 3. The number of likely N-dealkylation sites (tertiary alicyclic amines) is 2. The molecule has 0 radical (unpaired) electrons. The Morgan fingerprint density at radius 2 is 1.89 bits per heavy atom. The second-order valence-electron chi connectivity index (χ2n) is 9.03. The van der Waals surface area contributed by atoms with E-state index in [9.17, 15) is 4.79 Å². The molecule has 3 fully saturated rings. The summed E-state index contributed by atoms with van der Waals surface area (Å²) in [5, 5.41) is 7.08. The molecular formula is C21H39N5O. The van der Waals surface area contributed by atoms with Crippen LogP contribution in [-0.2, 0) is 4.79 Å². The lowest BCUT2D eigenvalue weighted by atomic mass is 10.1. The van der Waals surface area contributed by atoms with Crippen LogP contribution in [-0.4, -0.2) is 73.5 Å². The first-order valence-electron chi connectivity index (χ1n) is 11.1. The van der Waals surface area contributed by atoms with Crippen LogP contribution < -0.4 is 10.6 Å². The van der Waals surface area contributed by atoms with E-state index in [4.69, 9.17) is 0 Å². The third-order valence-electron chi connectivity index (χ3n) is 6.37. The number of nitrogens with zero attached hydrogens (tertiary/aromatic N) is 3. The van der Waals surface area contributed by atoms with Crippen molar-refractivity contribution in [3.05, 3.63) is 0 Å². The summed E-state index contributed by atoms with van der Waals surface area (Å²) in [6.45, 7) is 9.64. The van der Waals surface area contributed by atoms with Gasteiger partial charge in [0.05, 0.1) is 0 Å². The van der Waals surface area contributed by atoms with Crippen molar-refractivity contribution < 1.29 is 4.79 Å².